The number of nitrogens with one attached hydrogen (secondary N) is 1. The zero-order valence-corrected chi connectivity index (χ0v) is 15.7. The van der Waals surface area contributed by atoms with Crippen LogP contribution in [0, 0.1) is 0 Å². The Morgan fingerprint density at radius 2 is 1.86 bits per heavy atom. The third kappa shape index (κ3) is 3.73. The lowest BCUT2D eigenvalue weighted by atomic mass is 10.1. The lowest BCUT2D eigenvalue weighted by Gasteiger charge is -2.25. The maximum atomic E-state index is 12.8. The smallest absolute Gasteiger partial charge is 0.255 e. The normalized spacial score (nSPS) is 19.2. The van der Waals surface area contributed by atoms with Crippen molar-refractivity contribution in [3.63, 3.8) is 0 Å². The van der Waals surface area contributed by atoms with Gasteiger partial charge in [0.1, 0.15) is 18.4 Å². The van der Waals surface area contributed by atoms with Crippen LogP contribution in [0.5, 0.6) is 5.75 Å². The minimum Gasteiger partial charge on any atom is -0.489 e. The Kier molecular flexibility index (Phi) is 5.30. The van der Waals surface area contributed by atoms with Crippen LogP contribution in [0.1, 0.15) is 46.3 Å². The van der Waals surface area contributed by atoms with E-state index in [1.165, 1.54) is 0 Å². The summed E-state index contributed by atoms with van der Waals surface area (Å²) >= 11 is 0. The second kappa shape index (κ2) is 8.02. The average Bonchev–Trinajstić information content (AvgIpc) is 2.89. The van der Waals surface area contributed by atoms with Crippen LogP contribution in [0.3, 0.4) is 0 Å². The Morgan fingerprint density at radius 1 is 1.07 bits per heavy atom. The molecule has 6 heteroatoms. The van der Waals surface area contributed by atoms with Crippen molar-refractivity contribution < 1.29 is 19.4 Å². The number of hydrogen-bond acceptors (Lipinski definition) is 4. The zero-order valence-electron chi connectivity index (χ0n) is 15.7. The van der Waals surface area contributed by atoms with Crippen LogP contribution in [0.4, 0.5) is 0 Å². The van der Waals surface area contributed by atoms with Gasteiger partial charge in [0, 0.05) is 18.7 Å². The van der Waals surface area contributed by atoms with E-state index in [0.717, 1.165) is 29.5 Å². The molecular weight excluding hydrogens is 356 g/mol. The van der Waals surface area contributed by atoms with E-state index < -0.39 is 6.04 Å². The predicted molar refractivity (Wildman–Crippen MR) is 104 cm³/mol. The molecule has 0 radical (unpaired) electrons. The first-order valence-corrected chi connectivity index (χ1v) is 9.69. The first-order valence-electron chi connectivity index (χ1n) is 9.69. The highest BCUT2D eigenvalue weighted by Gasteiger charge is 2.36. The molecule has 0 aliphatic carbocycles. The van der Waals surface area contributed by atoms with Gasteiger partial charge in [0.25, 0.3) is 5.91 Å². The molecule has 2 heterocycles. The van der Waals surface area contributed by atoms with E-state index in [9.17, 15) is 9.59 Å². The fourth-order valence-corrected chi connectivity index (χ4v) is 3.79. The standard InChI is InChI=1S/C22H24N2O4/c25-13-15-4-6-16(7-5-15)14-28-18-8-9-19-17(11-18)12-24(22(19)27)20-3-1-2-10-23-21(20)26/h4-9,11,20,25H,1-3,10,12-14H2,(H,23,26)/t20-/m0/s1. The van der Waals surface area contributed by atoms with Crippen LogP contribution in [-0.2, 0) is 24.6 Å². The van der Waals surface area contributed by atoms with Gasteiger partial charge < -0.3 is 20.1 Å². The van der Waals surface area contributed by atoms with Crippen LogP contribution < -0.4 is 10.1 Å². The lowest BCUT2D eigenvalue weighted by molar-refractivity contribution is -0.125. The molecule has 2 aromatic carbocycles. The summed E-state index contributed by atoms with van der Waals surface area (Å²) in [6.07, 6.45) is 2.60. The Labute approximate surface area is 164 Å². The van der Waals surface area contributed by atoms with Gasteiger partial charge in [-0.2, -0.15) is 0 Å². The van der Waals surface area contributed by atoms with Gasteiger partial charge in [-0.05, 0) is 54.2 Å². The van der Waals surface area contributed by atoms with Crippen LogP contribution in [0.2, 0.25) is 0 Å². The number of amides is 2. The summed E-state index contributed by atoms with van der Waals surface area (Å²) in [5, 5.41) is 12.0. The van der Waals surface area contributed by atoms with Crippen molar-refractivity contribution in [2.45, 2.75) is 45.1 Å². The minimum absolute atomic E-state index is 0.0233. The van der Waals surface area contributed by atoms with Gasteiger partial charge in [-0.25, -0.2) is 0 Å². The molecule has 1 fully saturated rings. The fourth-order valence-electron chi connectivity index (χ4n) is 3.79. The van der Waals surface area contributed by atoms with Crippen molar-refractivity contribution in [1.29, 1.82) is 0 Å². The highest BCUT2D eigenvalue weighted by atomic mass is 16.5. The maximum Gasteiger partial charge on any atom is 0.255 e. The Hall–Kier alpha value is -2.86. The summed E-state index contributed by atoms with van der Waals surface area (Å²) < 4.78 is 5.88. The van der Waals surface area contributed by atoms with Gasteiger partial charge in [-0.3, -0.25) is 9.59 Å². The minimum atomic E-state index is -0.392. The number of carbonyl (C=O) groups excluding carboxylic acids is 2. The first-order chi connectivity index (χ1) is 13.7. The van der Waals surface area contributed by atoms with Gasteiger partial charge in [0.05, 0.1) is 6.61 Å². The van der Waals surface area contributed by atoms with E-state index in [0.29, 0.717) is 37.4 Å². The second-order valence-electron chi connectivity index (χ2n) is 7.32. The van der Waals surface area contributed by atoms with Gasteiger partial charge in [0.15, 0.2) is 0 Å². The fraction of sp³-hybridized carbons (Fsp3) is 0.364. The molecule has 0 bridgehead atoms. The van der Waals surface area contributed by atoms with E-state index in [1.54, 1.807) is 17.0 Å². The van der Waals surface area contributed by atoms with Crippen molar-refractivity contribution in [2.24, 2.45) is 0 Å². The molecule has 1 saturated heterocycles. The molecule has 2 aromatic rings. The highest BCUT2D eigenvalue weighted by molar-refractivity contribution is 6.01. The largest absolute Gasteiger partial charge is 0.489 e. The van der Waals surface area contributed by atoms with Crippen molar-refractivity contribution in [3.8, 4) is 5.75 Å². The quantitative estimate of drug-likeness (QED) is 0.835. The number of carbonyl (C=O) groups is 2. The van der Waals surface area contributed by atoms with Crippen LogP contribution in [0.25, 0.3) is 0 Å². The molecule has 146 valence electrons. The molecule has 2 N–H and O–H groups in total. The van der Waals surface area contributed by atoms with Crippen LogP contribution >= 0.6 is 0 Å². The molecule has 28 heavy (non-hydrogen) atoms. The summed E-state index contributed by atoms with van der Waals surface area (Å²) in [5.41, 5.74) is 3.42. The topological polar surface area (TPSA) is 78.9 Å². The predicted octanol–water partition coefficient (Wildman–Crippen LogP) is 2.38. The number of fused-ring (bicyclic) bond motifs is 1. The molecule has 0 spiro atoms. The summed E-state index contributed by atoms with van der Waals surface area (Å²) in [6, 6.07) is 12.7. The van der Waals surface area contributed by atoms with Gasteiger partial charge in [0.2, 0.25) is 5.91 Å². The molecule has 6 nitrogen and oxygen atoms in total. The molecule has 0 saturated carbocycles. The average molecular weight is 380 g/mol. The van der Waals surface area contributed by atoms with E-state index in [2.05, 4.69) is 5.32 Å². The monoisotopic (exact) mass is 380 g/mol. The van der Waals surface area contributed by atoms with E-state index >= 15 is 0 Å². The number of hydrogen-bond donors (Lipinski definition) is 2. The van der Waals surface area contributed by atoms with Crippen molar-refractivity contribution in [2.75, 3.05) is 6.54 Å². The summed E-state index contributed by atoms with van der Waals surface area (Å²) in [5.74, 6) is 0.564. The number of aliphatic hydroxyl groups excluding tert-OH is 1. The molecule has 0 unspecified atom stereocenters. The highest BCUT2D eigenvalue weighted by Crippen LogP contribution is 2.30. The summed E-state index contributed by atoms with van der Waals surface area (Å²) in [7, 11) is 0. The van der Waals surface area contributed by atoms with Crippen LogP contribution in [-0.4, -0.2) is 34.4 Å². The number of ether oxygens (including phenoxy) is 1. The number of aliphatic hydroxyl groups is 1. The Balaban J connectivity index is 1.45. The van der Waals surface area contributed by atoms with Gasteiger partial charge >= 0.3 is 0 Å². The van der Waals surface area contributed by atoms with Crippen molar-refractivity contribution in [1.82, 2.24) is 10.2 Å². The molecule has 4 rings (SSSR count). The molecule has 1 atom stereocenters. The summed E-state index contributed by atoms with van der Waals surface area (Å²) in [4.78, 5) is 26.8. The first kappa shape index (κ1) is 18.5. The maximum absolute atomic E-state index is 12.8. The number of rotatable bonds is 5. The number of benzene rings is 2. The van der Waals surface area contributed by atoms with Crippen molar-refractivity contribution >= 4 is 11.8 Å². The molecular formula is C22H24N2O4. The third-order valence-electron chi connectivity index (χ3n) is 5.40. The summed E-state index contributed by atoms with van der Waals surface area (Å²) in [6.45, 7) is 1.55. The molecule has 0 aromatic heterocycles. The Bertz CT molecular complexity index is 879. The van der Waals surface area contributed by atoms with Crippen molar-refractivity contribution in [3.05, 3.63) is 64.7 Å². The van der Waals surface area contributed by atoms with Crippen LogP contribution in [0.15, 0.2) is 42.5 Å². The third-order valence-corrected chi connectivity index (χ3v) is 5.40. The molecule has 2 aliphatic heterocycles. The molecule has 2 amide bonds. The van der Waals surface area contributed by atoms with E-state index in [1.807, 2.05) is 30.3 Å². The lowest BCUT2D eigenvalue weighted by Crippen LogP contribution is -2.45. The van der Waals surface area contributed by atoms with E-state index in [4.69, 9.17) is 9.84 Å². The Morgan fingerprint density at radius 3 is 2.64 bits per heavy atom. The second-order valence-corrected chi connectivity index (χ2v) is 7.32. The SMILES string of the molecule is O=C1NCCCC[C@@H]1N1Cc2cc(OCc3ccc(CO)cc3)ccc2C1=O. The van der Waals surface area contributed by atoms with Gasteiger partial charge in [-0.1, -0.05) is 24.3 Å². The van der Waals surface area contributed by atoms with E-state index in [-0.39, 0.29) is 18.4 Å². The van der Waals surface area contributed by atoms with Gasteiger partial charge in [-0.15, -0.1) is 0 Å². The molecule has 2 aliphatic rings. The number of nitrogens with zero attached hydrogens (tertiary/aromatic N) is 1. The zero-order chi connectivity index (χ0) is 19.5.